The molecule has 0 saturated heterocycles. The molecule has 2 aromatic heterocycles. The second-order valence-electron chi connectivity index (χ2n) is 9.28. The lowest BCUT2D eigenvalue weighted by atomic mass is 10.0. The summed E-state index contributed by atoms with van der Waals surface area (Å²) in [6.45, 7) is 1.65. The molecule has 11 heteroatoms. The highest BCUT2D eigenvalue weighted by Crippen LogP contribution is 2.38. The zero-order valence-electron chi connectivity index (χ0n) is 22.1. The zero-order chi connectivity index (χ0) is 28.0. The van der Waals surface area contributed by atoms with Crippen LogP contribution >= 0.6 is 22.7 Å². The quantitative estimate of drug-likeness (QED) is 0.142. The lowest BCUT2D eigenvalue weighted by Gasteiger charge is -2.04. The summed E-state index contributed by atoms with van der Waals surface area (Å²) in [6.07, 6.45) is 0.302. The van der Waals surface area contributed by atoms with Gasteiger partial charge in [-0.1, -0.05) is 30.3 Å². The van der Waals surface area contributed by atoms with Crippen LogP contribution in [0.3, 0.4) is 0 Å². The molecule has 0 bridgehead atoms. The highest BCUT2D eigenvalue weighted by atomic mass is 32.2. The van der Waals surface area contributed by atoms with Gasteiger partial charge in [0.2, 0.25) is 0 Å². The lowest BCUT2D eigenvalue weighted by molar-refractivity contribution is 0.0993. The number of carbonyl (C=O) groups excluding carboxylic acids is 1. The Balaban J connectivity index is 0.00000337. The van der Waals surface area contributed by atoms with E-state index in [-0.39, 0.29) is 16.8 Å². The topological polar surface area (TPSA) is 141 Å². The van der Waals surface area contributed by atoms with E-state index in [1.807, 2.05) is 42.5 Å². The maximum absolute atomic E-state index is 12.7. The molecule has 0 radical (unpaired) electrons. The minimum absolute atomic E-state index is 0. The van der Waals surface area contributed by atoms with E-state index in [1.54, 1.807) is 61.8 Å². The van der Waals surface area contributed by atoms with Crippen LogP contribution in [0, 0.1) is 6.92 Å². The molecule has 0 saturated carbocycles. The number of carbonyl (C=O) groups is 1. The largest absolute Gasteiger partial charge is 0.497 e. The van der Waals surface area contributed by atoms with Crippen LogP contribution in [0.5, 0.6) is 5.75 Å². The van der Waals surface area contributed by atoms with Crippen LogP contribution in [0.1, 0.15) is 21.5 Å². The number of ketones is 1. The molecule has 0 atom stereocenters. The van der Waals surface area contributed by atoms with E-state index in [2.05, 4.69) is 4.98 Å². The number of methoxy groups -OCH3 is 1. The average Bonchev–Trinajstić information content (AvgIpc) is 3.56. The Morgan fingerprint density at radius 2 is 1.49 bits per heavy atom. The number of hydrogen-bond acceptors (Lipinski definition) is 9. The summed E-state index contributed by atoms with van der Waals surface area (Å²) >= 11 is 2.78. The first-order valence-corrected chi connectivity index (χ1v) is 15.3. The fourth-order valence-corrected chi connectivity index (χ4v) is 7.84. The number of hydrogen-bond donors (Lipinski definition) is 2. The molecular formula is C30H25N3O5S3. The first-order chi connectivity index (χ1) is 19.2. The van der Waals surface area contributed by atoms with Gasteiger partial charge in [-0.25, -0.2) is 9.97 Å². The normalized spacial score (nSPS) is 11.5. The summed E-state index contributed by atoms with van der Waals surface area (Å²) in [5.41, 5.74) is 5.20. The molecule has 0 aliphatic rings. The van der Waals surface area contributed by atoms with Gasteiger partial charge >= 0.3 is 0 Å². The van der Waals surface area contributed by atoms with Crippen molar-refractivity contribution in [1.82, 2.24) is 16.1 Å². The summed E-state index contributed by atoms with van der Waals surface area (Å²) in [6, 6.07) is 24.2. The van der Waals surface area contributed by atoms with E-state index >= 15 is 0 Å². The molecule has 6 rings (SSSR count). The maximum Gasteiger partial charge on any atom is 0.296 e. The zero-order valence-corrected chi connectivity index (χ0v) is 24.6. The monoisotopic (exact) mass is 603 g/mol. The Morgan fingerprint density at radius 3 is 2.17 bits per heavy atom. The lowest BCUT2D eigenvalue weighted by Crippen LogP contribution is -2.03. The number of fused-ring (bicyclic) bond motifs is 2. The highest BCUT2D eigenvalue weighted by molar-refractivity contribution is 7.86. The van der Waals surface area contributed by atoms with Crippen molar-refractivity contribution in [3.63, 3.8) is 0 Å². The minimum Gasteiger partial charge on any atom is -0.497 e. The van der Waals surface area contributed by atoms with Crippen LogP contribution < -0.4 is 10.9 Å². The number of thiazole rings is 2. The molecule has 8 nitrogen and oxygen atoms in total. The van der Waals surface area contributed by atoms with Gasteiger partial charge in [0.05, 0.1) is 27.5 Å². The van der Waals surface area contributed by atoms with Crippen molar-refractivity contribution in [3.8, 4) is 26.9 Å². The molecule has 6 aromatic rings. The molecule has 0 aliphatic heterocycles. The van der Waals surface area contributed by atoms with Crippen molar-refractivity contribution < 1.29 is 22.5 Å². The van der Waals surface area contributed by atoms with Crippen LogP contribution in [0.15, 0.2) is 83.8 Å². The fraction of sp³-hybridized carbons (Fsp3) is 0.100. The van der Waals surface area contributed by atoms with E-state index < -0.39 is 10.1 Å². The van der Waals surface area contributed by atoms with Gasteiger partial charge in [-0.3, -0.25) is 9.35 Å². The second-order valence-corrected chi connectivity index (χ2v) is 12.7. The third kappa shape index (κ3) is 5.63. The first-order valence-electron chi connectivity index (χ1n) is 12.2. The van der Waals surface area contributed by atoms with Crippen molar-refractivity contribution >= 4 is 59.0 Å². The van der Waals surface area contributed by atoms with Crippen molar-refractivity contribution in [2.45, 2.75) is 18.2 Å². The maximum atomic E-state index is 12.7. The standard InChI is InChI=1S/C30H22N2O5S3.H3N/c1-17-3-13-24-27(28(17)40(34,35)36)39-30(32-24)21-10-14-23-26(16-21)38-29(31-23)20-6-4-18(5-7-20)15-25(33)19-8-11-22(37-2)12-9-19;/h3-14,16H,15H2,1-2H3,(H,34,35,36);1H3. The van der Waals surface area contributed by atoms with Gasteiger partial charge in [0, 0.05) is 23.1 Å². The summed E-state index contributed by atoms with van der Waals surface area (Å²) in [7, 11) is -2.78. The third-order valence-electron chi connectivity index (χ3n) is 6.58. The molecule has 4 N–H and O–H groups in total. The molecule has 0 amide bonds. The van der Waals surface area contributed by atoms with E-state index in [0.29, 0.717) is 38.5 Å². The van der Waals surface area contributed by atoms with Gasteiger partial charge in [-0.15, -0.1) is 22.7 Å². The molecule has 41 heavy (non-hydrogen) atoms. The number of ether oxygens (including phenoxy) is 1. The van der Waals surface area contributed by atoms with Gasteiger partial charge < -0.3 is 10.9 Å². The molecular weight excluding hydrogens is 579 g/mol. The fourth-order valence-electron chi connectivity index (χ4n) is 4.52. The number of benzene rings is 4. The van der Waals surface area contributed by atoms with Crippen LogP contribution in [-0.4, -0.2) is 35.8 Å². The highest BCUT2D eigenvalue weighted by Gasteiger charge is 2.21. The van der Waals surface area contributed by atoms with E-state index in [0.717, 1.165) is 31.9 Å². The molecule has 208 valence electrons. The molecule has 4 aromatic carbocycles. The van der Waals surface area contributed by atoms with Gasteiger partial charge in [0.25, 0.3) is 10.1 Å². The Bertz CT molecular complexity index is 2010. The Morgan fingerprint density at radius 1 is 0.854 bits per heavy atom. The average molecular weight is 604 g/mol. The summed E-state index contributed by atoms with van der Waals surface area (Å²) < 4.78 is 40.3. The minimum atomic E-state index is -4.38. The molecule has 0 aliphatic carbocycles. The Kier molecular flexibility index (Phi) is 7.73. The SMILES string of the molecule is COc1ccc(C(=O)Cc2ccc(-c3nc4ccc(-c5nc6ccc(C)c(S(=O)(=O)O)c6s5)cc4s3)cc2)cc1.N. The van der Waals surface area contributed by atoms with Gasteiger partial charge in [0.15, 0.2) is 5.78 Å². The summed E-state index contributed by atoms with van der Waals surface area (Å²) in [5, 5.41) is 1.52. The smallest absolute Gasteiger partial charge is 0.296 e. The Hall–Kier alpha value is -4.00. The van der Waals surface area contributed by atoms with Crippen molar-refractivity contribution in [2.75, 3.05) is 7.11 Å². The predicted octanol–water partition coefficient (Wildman–Crippen LogP) is 7.39. The predicted molar refractivity (Wildman–Crippen MR) is 164 cm³/mol. The summed E-state index contributed by atoms with van der Waals surface area (Å²) in [4.78, 5) is 22.0. The van der Waals surface area contributed by atoms with E-state index in [1.165, 1.54) is 11.3 Å². The van der Waals surface area contributed by atoms with Crippen molar-refractivity contribution in [1.29, 1.82) is 0 Å². The van der Waals surface area contributed by atoms with Crippen LogP contribution in [-0.2, 0) is 16.5 Å². The molecule has 0 fully saturated rings. The number of nitrogens with zero attached hydrogens (tertiary/aromatic N) is 2. The van der Waals surface area contributed by atoms with Gasteiger partial charge in [0.1, 0.15) is 20.7 Å². The van der Waals surface area contributed by atoms with Gasteiger partial charge in [-0.2, -0.15) is 8.42 Å². The van der Waals surface area contributed by atoms with Crippen LogP contribution in [0.25, 0.3) is 41.6 Å². The van der Waals surface area contributed by atoms with Gasteiger partial charge in [-0.05, 0) is 66.6 Å². The molecule has 2 heterocycles. The second kappa shape index (κ2) is 11.1. The third-order valence-corrected chi connectivity index (χ3v) is 9.96. The number of rotatable bonds is 7. The van der Waals surface area contributed by atoms with Crippen molar-refractivity contribution in [2.24, 2.45) is 0 Å². The van der Waals surface area contributed by atoms with Crippen LogP contribution in [0.4, 0.5) is 0 Å². The Labute approximate surface area is 244 Å². The molecule has 0 unspecified atom stereocenters. The summed E-state index contributed by atoms with van der Waals surface area (Å²) in [5.74, 6) is 0.752. The number of Topliss-reactive ketones (excluding diaryl/α,β-unsaturated/α-hetero) is 1. The van der Waals surface area contributed by atoms with E-state index in [4.69, 9.17) is 9.72 Å². The van der Waals surface area contributed by atoms with Crippen LogP contribution in [0.2, 0.25) is 0 Å². The molecule has 0 spiro atoms. The first kappa shape index (κ1) is 28.5. The van der Waals surface area contributed by atoms with Crippen molar-refractivity contribution in [3.05, 3.63) is 95.6 Å². The number of aromatic nitrogens is 2. The number of aryl methyl sites for hydroxylation is 1. The van der Waals surface area contributed by atoms with E-state index in [9.17, 15) is 17.8 Å².